The molecule has 1 amide bonds. The molecule has 0 unspecified atom stereocenters. The highest BCUT2D eigenvalue weighted by Gasteiger charge is 2.22. The summed E-state index contributed by atoms with van der Waals surface area (Å²) in [5.41, 5.74) is 2.64. The lowest BCUT2D eigenvalue weighted by Gasteiger charge is -2.27. The van der Waals surface area contributed by atoms with Gasteiger partial charge in [-0.25, -0.2) is 0 Å². The number of carbonyl (C=O) groups excluding carboxylic acids is 1. The van der Waals surface area contributed by atoms with E-state index in [-0.39, 0.29) is 24.0 Å². The van der Waals surface area contributed by atoms with Gasteiger partial charge in [-0.05, 0) is 50.3 Å². The van der Waals surface area contributed by atoms with Gasteiger partial charge < -0.3 is 10.6 Å². The number of rotatable bonds is 6. The van der Waals surface area contributed by atoms with Crippen molar-refractivity contribution in [3.8, 4) is 0 Å². The van der Waals surface area contributed by atoms with Crippen molar-refractivity contribution in [1.29, 1.82) is 0 Å². The van der Waals surface area contributed by atoms with Crippen molar-refractivity contribution >= 4 is 5.91 Å². The van der Waals surface area contributed by atoms with Gasteiger partial charge in [-0.15, -0.1) is 0 Å². The van der Waals surface area contributed by atoms with Crippen LogP contribution in [0.1, 0.15) is 49.9 Å². The molecule has 1 heterocycles. The molecule has 1 aliphatic rings. The Morgan fingerprint density at radius 1 is 1.33 bits per heavy atom. The molecule has 5 nitrogen and oxygen atoms in total. The quantitative estimate of drug-likeness (QED) is 0.858. The van der Waals surface area contributed by atoms with Gasteiger partial charge in [0.15, 0.2) is 0 Å². The minimum absolute atomic E-state index is 0.0521. The molecule has 0 saturated heterocycles. The Morgan fingerprint density at radius 2 is 2.17 bits per heavy atom. The maximum absolute atomic E-state index is 12.3. The van der Waals surface area contributed by atoms with Crippen molar-refractivity contribution in [2.75, 3.05) is 6.54 Å². The zero-order valence-electron chi connectivity index (χ0n) is 14.4. The summed E-state index contributed by atoms with van der Waals surface area (Å²) in [6.45, 7) is 4.50. The maximum atomic E-state index is 12.3. The van der Waals surface area contributed by atoms with Crippen molar-refractivity contribution < 1.29 is 4.79 Å². The molecule has 0 aliphatic heterocycles. The van der Waals surface area contributed by atoms with E-state index in [4.69, 9.17) is 0 Å². The van der Waals surface area contributed by atoms with Crippen molar-refractivity contribution in [2.24, 2.45) is 0 Å². The van der Waals surface area contributed by atoms with Crippen LogP contribution in [0.2, 0.25) is 0 Å². The SMILES string of the molecule is C[C@H](NCC(=O)N[C@H]1CCCc2ccccc21)[C@@H](C)n1cccn1. The van der Waals surface area contributed by atoms with Crippen LogP contribution in [-0.4, -0.2) is 28.3 Å². The first-order valence-electron chi connectivity index (χ1n) is 8.75. The number of nitrogens with zero attached hydrogens (tertiary/aromatic N) is 2. The molecule has 1 aromatic heterocycles. The lowest BCUT2D eigenvalue weighted by molar-refractivity contribution is -0.121. The van der Waals surface area contributed by atoms with Gasteiger partial charge in [0.2, 0.25) is 5.91 Å². The lowest BCUT2D eigenvalue weighted by Crippen LogP contribution is -2.42. The fourth-order valence-corrected chi connectivity index (χ4v) is 3.32. The monoisotopic (exact) mass is 326 g/mol. The molecule has 0 fully saturated rings. The van der Waals surface area contributed by atoms with E-state index in [0.29, 0.717) is 6.54 Å². The zero-order chi connectivity index (χ0) is 16.9. The molecule has 1 aliphatic carbocycles. The van der Waals surface area contributed by atoms with Crippen LogP contribution in [-0.2, 0) is 11.2 Å². The highest BCUT2D eigenvalue weighted by molar-refractivity contribution is 5.78. The third-order valence-electron chi connectivity index (χ3n) is 4.95. The fraction of sp³-hybridized carbons (Fsp3) is 0.474. The Kier molecular flexibility index (Phi) is 5.30. The van der Waals surface area contributed by atoms with E-state index < -0.39 is 0 Å². The summed E-state index contributed by atoms with van der Waals surface area (Å²) in [4.78, 5) is 12.3. The third-order valence-corrected chi connectivity index (χ3v) is 4.95. The second-order valence-corrected chi connectivity index (χ2v) is 6.61. The van der Waals surface area contributed by atoms with Crippen molar-refractivity contribution in [3.63, 3.8) is 0 Å². The Bertz CT molecular complexity index is 668. The molecule has 3 rings (SSSR count). The second-order valence-electron chi connectivity index (χ2n) is 6.61. The number of aryl methyl sites for hydroxylation is 1. The van der Waals surface area contributed by atoms with E-state index in [0.717, 1.165) is 19.3 Å². The smallest absolute Gasteiger partial charge is 0.234 e. The molecule has 2 aromatic rings. The average molecular weight is 326 g/mol. The van der Waals surface area contributed by atoms with Crippen LogP contribution in [0.25, 0.3) is 0 Å². The number of aromatic nitrogens is 2. The Hall–Kier alpha value is -2.14. The first-order valence-corrected chi connectivity index (χ1v) is 8.75. The molecule has 0 spiro atoms. The molecular weight excluding hydrogens is 300 g/mol. The first kappa shape index (κ1) is 16.7. The van der Waals surface area contributed by atoms with Crippen LogP contribution in [0.3, 0.4) is 0 Å². The van der Waals surface area contributed by atoms with Gasteiger partial charge in [-0.1, -0.05) is 24.3 Å². The van der Waals surface area contributed by atoms with Crippen LogP contribution < -0.4 is 10.6 Å². The van der Waals surface area contributed by atoms with Crippen molar-refractivity contribution in [3.05, 3.63) is 53.9 Å². The molecule has 5 heteroatoms. The number of amides is 1. The summed E-state index contributed by atoms with van der Waals surface area (Å²) in [7, 11) is 0. The zero-order valence-corrected chi connectivity index (χ0v) is 14.4. The normalized spacial score (nSPS) is 19.3. The fourth-order valence-electron chi connectivity index (χ4n) is 3.32. The highest BCUT2D eigenvalue weighted by Crippen LogP contribution is 2.29. The number of hydrogen-bond donors (Lipinski definition) is 2. The summed E-state index contributed by atoms with van der Waals surface area (Å²) < 4.78 is 1.91. The second kappa shape index (κ2) is 7.62. The van der Waals surface area contributed by atoms with Gasteiger partial charge in [0.25, 0.3) is 0 Å². The molecular formula is C19H26N4O. The van der Waals surface area contributed by atoms with E-state index in [1.807, 2.05) is 16.9 Å². The van der Waals surface area contributed by atoms with E-state index in [1.165, 1.54) is 11.1 Å². The van der Waals surface area contributed by atoms with Gasteiger partial charge in [0.05, 0.1) is 18.6 Å². The summed E-state index contributed by atoms with van der Waals surface area (Å²) in [5.74, 6) is 0.0521. The first-order chi connectivity index (χ1) is 11.6. The van der Waals surface area contributed by atoms with Gasteiger partial charge in [0.1, 0.15) is 0 Å². The van der Waals surface area contributed by atoms with Gasteiger partial charge >= 0.3 is 0 Å². The van der Waals surface area contributed by atoms with E-state index in [1.54, 1.807) is 6.20 Å². The van der Waals surface area contributed by atoms with E-state index >= 15 is 0 Å². The Balaban J connectivity index is 1.51. The average Bonchev–Trinajstić information content (AvgIpc) is 3.14. The minimum Gasteiger partial charge on any atom is -0.348 e. The Labute approximate surface area is 143 Å². The molecule has 1 aromatic carbocycles. The molecule has 0 radical (unpaired) electrons. The number of benzene rings is 1. The predicted molar refractivity (Wildman–Crippen MR) is 94.7 cm³/mol. The largest absolute Gasteiger partial charge is 0.348 e. The Morgan fingerprint density at radius 3 is 2.96 bits per heavy atom. The lowest BCUT2D eigenvalue weighted by atomic mass is 9.88. The van der Waals surface area contributed by atoms with Crippen LogP contribution in [0.15, 0.2) is 42.7 Å². The summed E-state index contributed by atoms with van der Waals surface area (Å²) in [5, 5.41) is 10.8. The van der Waals surface area contributed by atoms with Crippen LogP contribution in [0.5, 0.6) is 0 Å². The molecule has 3 atom stereocenters. The third kappa shape index (κ3) is 3.85. The number of hydrogen-bond acceptors (Lipinski definition) is 3. The van der Waals surface area contributed by atoms with Gasteiger partial charge in [-0.2, -0.15) is 5.10 Å². The van der Waals surface area contributed by atoms with Crippen molar-refractivity contribution in [2.45, 2.75) is 51.2 Å². The number of carbonyl (C=O) groups is 1. The van der Waals surface area contributed by atoms with Crippen LogP contribution >= 0.6 is 0 Å². The molecule has 0 bridgehead atoms. The van der Waals surface area contributed by atoms with E-state index in [2.05, 4.69) is 53.8 Å². The summed E-state index contributed by atoms with van der Waals surface area (Å²) in [6.07, 6.45) is 6.97. The molecule has 24 heavy (non-hydrogen) atoms. The van der Waals surface area contributed by atoms with Crippen LogP contribution in [0, 0.1) is 0 Å². The molecule has 0 saturated carbocycles. The predicted octanol–water partition coefficient (Wildman–Crippen LogP) is 2.62. The van der Waals surface area contributed by atoms with Crippen LogP contribution in [0.4, 0.5) is 0 Å². The number of nitrogens with one attached hydrogen (secondary N) is 2. The maximum Gasteiger partial charge on any atom is 0.234 e. The topological polar surface area (TPSA) is 59.0 Å². The molecule has 128 valence electrons. The van der Waals surface area contributed by atoms with Gasteiger partial charge in [0, 0.05) is 18.4 Å². The summed E-state index contributed by atoms with van der Waals surface area (Å²) >= 11 is 0. The van der Waals surface area contributed by atoms with Crippen molar-refractivity contribution in [1.82, 2.24) is 20.4 Å². The van der Waals surface area contributed by atoms with E-state index in [9.17, 15) is 4.79 Å². The highest BCUT2D eigenvalue weighted by atomic mass is 16.2. The standard InChI is InChI=1S/C19H26N4O/c1-14(15(2)23-12-6-11-21-23)20-13-19(24)22-18-10-5-8-16-7-3-4-9-17(16)18/h3-4,6-7,9,11-12,14-15,18,20H,5,8,10,13H2,1-2H3,(H,22,24)/t14-,15+,18-/m0/s1. The van der Waals surface area contributed by atoms with Gasteiger partial charge in [-0.3, -0.25) is 9.48 Å². The number of fused-ring (bicyclic) bond motifs is 1. The molecule has 2 N–H and O–H groups in total. The summed E-state index contributed by atoms with van der Waals surface area (Å²) in [6, 6.07) is 10.8. The minimum atomic E-state index is 0.0521.